The van der Waals surface area contributed by atoms with Gasteiger partial charge in [0.2, 0.25) is 0 Å². The van der Waals surface area contributed by atoms with Crippen molar-refractivity contribution in [2.45, 2.75) is 39.2 Å². The molecule has 2 aliphatic rings. The number of aryl methyl sites for hydroxylation is 2. The number of benzene rings is 1. The first kappa shape index (κ1) is 22.3. The smallest absolute Gasteiger partial charge is 0.256 e. The largest absolute Gasteiger partial charge is 0.396 e. The Morgan fingerprint density at radius 1 is 1.29 bits per heavy atom. The molecule has 2 aromatic rings. The lowest BCUT2D eigenvalue weighted by atomic mass is 9.83. The van der Waals surface area contributed by atoms with Crippen molar-refractivity contribution in [3.05, 3.63) is 66.0 Å². The number of nitrogens with zero attached hydrogens (tertiary/aromatic N) is 1. The van der Waals surface area contributed by atoms with Crippen molar-refractivity contribution in [3.8, 4) is 0 Å². The quantitative estimate of drug-likeness (QED) is 0.707. The number of carbonyl (C=O) groups excluding carboxylic acids is 1. The fourth-order valence-electron chi connectivity index (χ4n) is 4.72. The molecule has 2 N–H and O–H groups in total. The highest BCUT2D eigenvalue weighted by molar-refractivity contribution is 6.37. The van der Waals surface area contributed by atoms with Crippen LogP contribution in [0.3, 0.4) is 0 Å². The first-order valence-corrected chi connectivity index (χ1v) is 11.3. The van der Waals surface area contributed by atoms with E-state index < -0.39 is 0 Å². The van der Waals surface area contributed by atoms with Gasteiger partial charge in [-0.1, -0.05) is 23.2 Å². The SMILES string of the molecule is Cc1cc(C)c(CN2CCc3c(Cl)cc(C(CO)C4CCOC4)c(Cl)c3C2=O)c(=O)[nH]1. The Bertz CT molecular complexity index is 1080. The lowest BCUT2D eigenvalue weighted by Crippen LogP contribution is -2.39. The maximum absolute atomic E-state index is 13.5. The van der Waals surface area contributed by atoms with Gasteiger partial charge in [0.25, 0.3) is 11.5 Å². The van der Waals surface area contributed by atoms with Gasteiger partial charge in [-0.25, -0.2) is 0 Å². The van der Waals surface area contributed by atoms with E-state index in [-0.39, 0.29) is 36.5 Å². The first-order chi connectivity index (χ1) is 14.8. The molecule has 1 fully saturated rings. The van der Waals surface area contributed by atoms with Gasteiger partial charge in [-0.3, -0.25) is 9.59 Å². The van der Waals surface area contributed by atoms with Crippen molar-refractivity contribution in [3.63, 3.8) is 0 Å². The summed E-state index contributed by atoms with van der Waals surface area (Å²) >= 11 is 13.3. The van der Waals surface area contributed by atoms with Gasteiger partial charge < -0.3 is 19.7 Å². The van der Waals surface area contributed by atoms with Crippen LogP contribution in [-0.4, -0.2) is 47.3 Å². The molecule has 8 heteroatoms. The minimum atomic E-state index is -0.247. The van der Waals surface area contributed by atoms with E-state index in [1.807, 2.05) is 19.9 Å². The zero-order valence-corrected chi connectivity index (χ0v) is 19.1. The van der Waals surface area contributed by atoms with Crippen molar-refractivity contribution >= 4 is 29.1 Å². The zero-order chi connectivity index (χ0) is 22.3. The molecular weight excluding hydrogens is 439 g/mol. The highest BCUT2D eigenvalue weighted by Crippen LogP contribution is 2.41. The summed E-state index contributed by atoms with van der Waals surface area (Å²) in [5, 5.41) is 10.9. The van der Waals surface area contributed by atoms with Crippen LogP contribution < -0.4 is 5.56 Å². The van der Waals surface area contributed by atoms with Gasteiger partial charge in [-0.05, 0) is 61.4 Å². The number of H-pyrrole nitrogens is 1. The Kier molecular flexibility index (Phi) is 6.44. The number of amides is 1. The van der Waals surface area contributed by atoms with Gasteiger partial charge in [0, 0.05) is 35.3 Å². The van der Waals surface area contributed by atoms with Gasteiger partial charge >= 0.3 is 0 Å². The van der Waals surface area contributed by atoms with E-state index in [1.54, 1.807) is 11.0 Å². The number of pyridine rings is 1. The molecule has 2 aliphatic heterocycles. The molecule has 2 unspecified atom stereocenters. The summed E-state index contributed by atoms with van der Waals surface area (Å²) in [6.45, 7) is 5.46. The van der Waals surface area contributed by atoms with Crippen LogP contribution in [0.15, 0.2) is 16.9 Å². The number of aromatic amines is 1. The molecule has 166 valence electrons. The van der Waals surface area contributed by atoms with E-state index in [0.29, 0.717) is 52.9 Å². The highest BCUT2D eigenvalue weighted by Gasteiger charge is 2.35. The highest BCUT2D eigenvalue weighted by atomic mass is 35.5. The van der Waals surface area contributed by atoms with E-state index in [0.717, 1.165) is 23.2 Å². The number of aliphatic hydroxyl groups is 1. The summed E-state index contributed by atoms with van der Waals surface area (Å²) in [5.41, 5.74) is 3.81. The topological polar surface area (TPSA) is 82.6 Å². The van der Waals surface area contributed by atoms with E-state index in [2.05, 4.69) is 4.98 Å². The molecule has 6 nitrogen and oxygen atoms in total. The zero-order valence-electron chi connectivity index (χ0n) is 17.6. The van der Waals surface area contributed by atoms with Crippen LogP contribution >= 0.6 is 23.2 Å². The lowest BCUT2D eigenvalue weighted by molar-refractivity contribution is 0.0726. The van der Waals surface area contributed by atoms with E-state index >= 15 is 0 Å². The molecule has 1 aromatic carbocycles. The molecule has 0 spiro atoms. The summed E-state index contributed by atoms with van der Waals surface area (Å²) in [7, 11) is 0. The molecular formula is C23H26Cl2N2O4. The van der Waals surface area contributed by atoms with Gasteiger partial charge in [-0.15, -0.1) is 0 Å². The summed E-state index contributed by atoms with van der Waals surface area (Å²) < 4.78 is 5.48. The molecule has 3 heterocycles. The minimum absolute atomic E-state index is 0.0985. The summed E-state index contributed by atoms with van der Waals surface area (Å²) in [6, 6.07) is 3.69. The number of aromatic nitrogens is 1. The third-order valence-electron chi connectivity index (χ3n) is 6.45. The molecule has 1 amide bonds. The molecule has 0 bridgehead atoms. The Hall–Kier alpha value is -1.86. The number of carbonyl (C=O) groups is 1. The standard InChI is InChI=1S/C23H26Cl2N2O4/c1-12-7-13(2)26-22(29)17(12)9-27-5-3-15-19(24)8-16(21(25)20(15)23(27)30)18(10-28)14-4-6-31-11-14/h7-8,14,18,28H,3-6,9-11H2,1-2H3,(H,26,29). The van der Waals surface area contributed by atoms with Gasteiger partial charge in [-0.2, -0.15) is 0 Å². The second-order valence-electron chi connectivity index (χ2n) is 8.45. The second kappa shape index (κ2) is 8.94. The number of fused-ring (bicyclic) bond motifs is 1. The fourth-order valence-corrected chi connectivity index (χ4v) is 5.41. The predicted octanol–water partition coefficient (Wildman–Crippen LogP) is 3.61. The number of nitrogens with one attached hydrogen (secondary N) is 1. The molecule has 1 aromatic heterocycles. The molecule has 1 saturated heterocycles. The number of hydrogen-bond donors (Lipinski definition) is 2. The number of hydrogen-bond acceptors (Lipinski definition) is 4. The van der Waals surface area contributed by atoms with Crippen LogP contribution in [0.2, 0.25) is 10.0 Å². The molecule has 0 saturated carbocycles. The Morgan fingerprint density at radius 2 is 2.06 bits per heavy atom. The van der Waals surface area contributed by atoms with E-state index in [4.69, 9.17) is 27.9 Å². The summed E-state index contributed by atoms with van der Waals surface area (Å²) in [4.78, 5) is 30.4. The fraction of sp³-hybridized carbons (Fsp3) is 0.478. The van der Waals surface area contributed by atoms with Crippen LogP contribution in [0, 0.1) is 19.8 Å². The van der Waals surface area contributed by atoms with Gasteiger partial charge in [0.05, 0.1) is 30.3 Å². The lowest BCUT2D eigenvalue weighted by Gasteiger charge is -2.32. The average Bonchev–Trinajstić information content (AvgIpc) is 3.24. The normalized spacial score (nSPS) is 19.6. The number of aliphatic hydroxyl groups excluding tert-OH is 1. The second-order valence-corrected chi connectivity index (χ2v) is 9.23. The number of halogens is 2. The van der Waals surface area contributed by atoms with Crippen molar-refractivity contribution in [1.29, 1.82) is 0 Å². The van der Waals surface area contributed by atoms with Crippen molar-refractivity contribution in [2.75, 3.05) is 26.4 Å². The third-order valence-corrected chi connectivity index (χ3v) is 7.20. The third kappa shape index (κ3) is 4.14. The van der Waals surface area contributed by atoms with E-state index in [9.17, 15) is 14.7 Å². The van der Waals surface area contributed by atoms with Crippen LogP contribution in [0.4, 0.5) is 0 Å². The number of rotatable bonds is 5. The predicted molar refractivity (Wildman–Crippen MR) is 120 cm³/mol. The molecule has 0 aliphatic carbocycles. The maximum Gasteiger partial charge on any atom is 0.256 e. The number of ether oxygens (including phenoxy) is 1. The Morgan fingerprint density at radius 3 is 2.71 bits per heavy atom. The monoisotopic (exact) mass is 464 g/mol. The van der Waals surface area contributed by atoms with Crippen molar-refractivity contribution in [2.24, 2.45) is 5.92 Å². The molecule has 4 rings (SSSR count). The van der Waals surface area contributed by atoms with Crippen molar-refractivity contribution < 1.29 is 14.6 Å². The minimum Gasteiger partial charge on any atom is -0.396 e. The van der Waals surface area contributed by atoms with Crippen LogP contribution in [0.1, 0.15) is 50.6 Å². The average molecular weight is 465 g/mol. The first-order valence-electron chi connectivity index (χ1n) is 10.5. The Labute approximate surface area is 191 Å². The van der Waals surface area contributed by atoms with Crippen LogP contribution in [0.25, 0.3) is 0 Å². The molecule has 0 radical (unpaired) electrons. The van der Waals surface area contributed by atoms with Crippen LogP contribution in [-0.2, 0) is 17.7 Å². The molecule has 2 atom stereocenters. The summed E-state index contributed by atoms with van der Waals surface area (Å²) in [6.07, 6.45) is 1.38. The van der Waals surface area contributed by atoms with E-state index in [1.165, 1.54) is 0 Å². The Balaban J connectivity index is 1.71. The summed E-state index contributed by atoms with van der Waals surface area (Å²) in [5.74, 6) is -0.364. The van der Waals surface area contributed by atoms with Gasteiger partial charge in [0.1, 0.15) is 0 Å². The van der Waals surface area contributed by atoms with Gasteiger partial charge in [0.15, 0.2) is 0 Å². The van der Waals surface area contributed by atoms with Crippen LogP contribution in [0.5, 0.6) is 0 Å². The molecule has 31 heavy (non-hydrogen) atoms. The maximum atomic E-state index is 13.5. The van der Waals surface area contributed by atoms with Crippen molar-refractivity contribution in [1.82, 2.24) is 9.88 Å².